The minimum atomic E-state index is -1.06. The summed E-state index contributed by atoms with van der Waals surface area (Å²) < 4.78 is 6.98. The molecule has 0 spiro atoms. The second-order valence-electron chi connectivity index (χ2n) is 4.67. The first-order valence-corrected chi connectivity index (χ1v) is 6.20. The van der Waals surface area contributed by atoms with Crippen LogP contribution in [0.4, 0.5) is 0 Å². The lowest BCUT2D eigenvalue weighted by Gasteiger charge is -2.09. The number of hydrogen-bond acceptors (Lipinski definition) is 4. The lowest BCUT2D eigenvalue weighted by atomic mass is 10.1. The summed E-state index contributed by atoms with van der Waals surface area (Å²) in [6.07, 6.45) is 3.77. The molecule has 2 unspecified atom stereocenters. The van der Waals surface area contributed by atoms with Gasteiger partial charge in [0.1, 0.15) is 0 Å². The summed E-state index contributed by atoms with van der Waals surface area (Å²) in [6.45, 7) is 3.36. The Hall–Kier alpha value is -1.89. The van der Waals surface area contributed by atoms with Gasteiger partial charge < -0.3 is 19.7 Å². The molecular formula is C12H17N3O4. The molecule has 1 aliphatic heterocycles. The largest absolute Gasteiger partial charge is 0.476 e. The van der Waals surface area contributed by atoms with Crippen LogP contribution >= 0.6 is 0 Å². The number of amides is 1. The summed E-state index contributed by atoms with van der Waals surface area (Å²) in [7, 11) is 0. The van der Waals surface area contributed by atoms with Crippen LogP contribution < -0.4 is 5.32 Å². The van der Waals surface area contributed by atoms with Crippen LogP contribution in [-0.2, 0) is 16.1 Å². The Balaban J connectivity index is 1.73. The summed E-state index contributed by atoms with van der Waals surface area (Å²) in [5.41, 5.74) is 0.00402. The van der Waals surface area contributed by atoms with Crippen molar-refractivity contribution in [2.24, 2.45) is 5.92 Å². The number of carboxylic acids is 1. The van der Waals surface area contributed by atoms with Gasteiger partial charge in [0, 0.05) is 19.3 Å². The van der Waals surface area contributed by atoms with Gasteiger partial charge in [0.15, 0.2) is 5.69 Å². The maximum Gasteiger partial charge on any atom is 0.356 e. The van der Waals surface area contributed by atoms with Crippen LogP contribution in [0.2, 0.25) is 0 Å². The molecule has 7 nitrogen and oxygen atoms in total. The van der Waals surface area contributed by atoms with Crippen LogP contribution in [0.25, 0.3) is 0 Å². The van der Waals surface area contributed by atoms with E-state index in [9.17, 15) is 9.59 Å². The molecule has 1 aromatic heterocycles. The quantitative estimate of drug-likeness (QED) is 0.790. The highest BCUT2D eigenvalue weighted by atomic mass is 16.5. The highest BCUT2D eigenvalue weighted by molar-refractivity contribution is 5.84. The minimum absolute atomic E-state index is 0.00402. The first-order valence-electron chi connectivity index (χ1n) is 6.20. The van der Waals surface area contributed by atoms with E-state index in [1.54, 1.807) is 4.57 Å². The molecule has 1 aromatic rings. The number of hydrogen-bond donors (Lipinski definition) is 2. The van der Waals surface area contributed by atoms with Gasteiger partial charge in [0.25, 0.3) is 0 Å². The van der Waals surface area contributed by atoms with Crippen LogP contribution in [0, 0.1) is 5.92 Å². The number of nitrogens with one attached hydrogen (secondary N) is 1. The fourth-order valence-electron chi connectivity index (χ4n) is 2.05. The van der Waals surface area contributed by atoms with E-state index in [4.69, 9.17) is 9.84 Å². The lowest BCUT2D eigenvalue weighted by Crippen LogP contribution is -2.33. The van der Waals surface area contributed by atoms with Crippen molar-refractivity contribution in [1.29, 1.82) is 0 Å². The van der Waals surface area contributed by atoms with Crippen molar-refractivity contribution in [1.82, 2.24) is 14.9 Å². The van der Waals surface area contributed by atoms with Gasteiger partial charge in [0.05, 0.1) is 25.0 Å². The van der Waals surface area contributed by atoms with Crippen molar-refractivity contribution >= 4 is 11.9 Å². The third-order valence-electron chi connectivity index (χ3n) is 3.09. The molecule has 1 saturated heterocycles. The molecular weight excluding hydrogens is 250 g/mol. The Morgan fingerprint density at radius 2 is 2.42 bits per heavy atom. The van der Waals surface area contributed by atoms with E-state index in [2.05, 4.69) is 10.3 Å². The minimum Gasteiger partial charge on any atom is -0.476 e. The first kappa shape index (κ1) is 13.5. The van der Waals surface area contributed by atoms with E-state index in [1.165, 1.54) is 12.5 Å². The van der Waals surface area contributed by atoms with Gasteiger partial charge in [-0.2, -0.15) is 0 Å². The number of nitrogens with zero attached hydrogens (tertiary/aromatic N) is 2. The maximum absolute atomic E-state index is 11.8. The smallest absolute Gasteiger partial charge is 0.356 e. The molecule has 1 aliphatic rings. The second kappa shape index (κ2) is 5.83. The van der Waals surface area contributed by atoms with Gasteiger partial charge in [-0.15, -0.1) is 0 Å². The molecule has 0 aromatic carbocycles. The van der Waals surface area contributed by atoms with Crippen LogP contribution in [0.5, 0.6) is 0 Å². The Morgan fingerprint density at radius 1 is 1.63 bits per heavy atom. The SMILES string of the molecule is CC1CC(C(=O)NCCn2cnc(C(=O)O)c2)CO1. The summed E-state index contributed by atoms with van der Waals surface area (Å²) in [5.74, 6) is -1.14. The lowest BCUT2D eigenvalue weighted by molar-refractivity contribution is -0.124. The Kier molecular flexibility index (Phi) is 4.16. The van der Waals surface area contributed by atoms with E-state index >= 15 is 0 Å². The summed E-state index contributed by atoms with van der Waals surface area (Å²) in [4.78, 5) is 26.2. The van der Waals surface area contributed by atoms with E-state index in [1.807, 2.05) is 6.92 Å². The first-order chi connectivity index (χ1) is 9.06. The molecule has 0 bridgehead atoms. The van der Waals surface area contributed by atoms with E-state index in [-0.39, 0.29) is 23.6 Å². The number of carbonyl (C=O) groups excluding carboxylic acids is 1. The highest BCUT2D eigenvalue weighted by Gasteiger charge is 2.27. The predicted molar refractivity (Wildman–Crippen MR) is 65.7 cm³/mol. The van der Waals surface area contributed by atoms with Crippen molar-refractivity contribution < 1.29 is 19.4 Å². The molecule has 0 radical (unpaired) electrons. The monoisotopic (exact) mass is 267 g/mol. The van der Waals surface area contributed by atoms with Crippen LogP contribution in [0.1, 0.15) is 23.8 Å². The van der Waals surface area contributed by atoms with E-state index in [0.717, 1.165) is 6.42 Å². The Bertz CT molecular complexity index is 471. The highest BCUT2D eigenvalue weighted by Crippen LogP contribution is 2.18. The van der Waals surface area contributed by atoms with Gasteiger partial charge in [-0.25, -0.2) is 9.78 Å². The van der Waals surface area contributed by atoms with Crippen molar-refractivity contribution in [3.8, 4) is 0 Å². The second-order valence-corrected chi connectivity index (χ2v) is 4.67. The molecule has 2 rings (SSSR count). The van der Waals surface area contributed by atoms with E-state index in [0.29, 0.717) is 19.7 Å². The standard InChI is InChI=1S/C12H17N3O4/c1-8-4-9(6-19-8)11(16)13-2-3-15-5-10(12(17)18)14-7-15/h5,7-9H,2-4,6H2,1H3,(H,13,16)(H,17,18). The Labute approximate surface area is 110 Å². The zero-order valence-electron chi connectivity index (χ0n) is 10.7. The van der Waals surface area contributed by atoms with Crippen LogP contribution in [0.15, 0.2) is 12.5 Å². The molecule has 0 saturated carbocycles. The number of ether oxygens (including phenoxy) is 1. The molecule has 0 aliphatic carbocycles. The average Bonchev–Trinajstić information content (AvgIpc) is 2.98. The third kappa shape index (κ3) is 3.54. The molecule has 2 atom stereocenters. The average molecular weight is 267 g/mol. The maximum atomic E-state index is 11.8. The number of imidazole rings is 1. The number of rotatable bonds is 5. The van der Waals surface area contributed by atoms with Gasteiger partial charge in [-0.05, 0) is 13.3 Å². The van der Waals surface area contributed by atoms with Crippen molar-refractivity contribution in [3.05, 3.63) is 18.2 Å². The van der Waals surface area contributed by atoms with Gasteiger partial charge >= 0.3 is 5.97 Å². The zero-order chi connectivity index (χ0) is 13.8. The van der Waals surface area contributed by atoms with Crippen molar-refractivity contribution in [2.75, 3.05) is 13.2 Å². The van der Waals surface area contributed by atoms with E-state index < -0.39 is 5.97 Å². The van der Waals surface area contributed by atoms with Crippen molar-refractivity contribution in [3.63, 3.8) is 0 Å². The molecule has 7 heteroatoms. The summed E-state index contributed by atoms with van der Waals surface area (Å²) in [6, 6.07) is 0. The van der Waals surface area contributed by atoms with Gasteiger partial charge in [0.2, 0.25) is 5.91 Å². The zero-order valence-corrected chi connectivity index (χ0v) is 10.7. The normalized spacial score (nSPS) is 22.4. The number of carbonyl (C=O) groups is 2. The molecule has 2 N–H and O–H groups in total. The van der Waals surface area contributed by atoms with Crippen LogP contribution in [-0.4, -0.2) is 45.8 Å². The fourth-order valence-corrected chi connectivity index (χ4v) is 2.05. The molecule has 1 amide bonds. The topological polar surface area (TPSA) is 93.5 Å². The summed E-state index contributed by atoms with van der Waals surface area (Å²) in [5, 5.41) is 11.5. The van der Waals surface area contributed by atoms with Crippen LogP contribution in [0.3, 0.4) is 0 Å². The number of aromatic nitrogens is 2. The molecule has 19 heavy (non-hydrogen) atoms. The third-order valence-corrected chi connectivity index (χ3v) is 3.09. The number of aromatic carboxylic acids is 1. The molecule has 104 valence electrons. The summed E-state index contributed by atoms with van der Waals surface area (Å²) >= 11 is 0. The molecule has 2 heterocycles. The Morgan fingerprint density at radius 3 is 3.00 bits per heavy atom. The van der Waals surface area contributed by atoms with Gasteiger partial charge in [-0.1, -0.05) is 0 Å². The fraction of sp³-hybridized carbons (Fsp3) is 0.583. The number of carboxylic acid groups (broad SMARTS) is 1. The van der Waals surface area contributed by atoms with Gasteiger partial charge in [-0.3, -0.25) is 4.79 Å². The van der Waals surface area contributed by atoms with Crippen molar-refractivity contribution in [2.45, 2.75) is 26.0 Å². The predicted octanol–water partition coefficient (Wildman–Crippen LogP) is 0.122. The molecule has 1 fully saturated rings.